The molecule has 106 valence electrons. The van der Waals surface area contributed by atoms with E-state index in [1.165, 1.54) is 12.1 Å². The highest BCUT2D eigenvalue weighted by molar-refractivity contribution is 5.87. The zero-order chi connectivity index (χ0) is 14.1. The van der Waals surface area contributed by atoms with E-state index in [9.17, 15) is 4.79 Å². The molecule has 0 aliphatic carbocycles. The number of rotatable bonds is 9. The average molecular weight is 269 g/mol. The molecule has 1 unspecified atom stereocenters. The number of carboxylic acids is 1. The van der Waals surface area contributed by atoms with Crippen molar-refractivity contribution in [3.8, 4) is 5.75 Å². The Morgan fingerprint density at radius 1 is 1.37 bits per heavy atom. The topological polar surface area (TPSA) is 88.0 Å². The Balaban J connectivity index is 2.27. The third-order valence-electron chi connectivity index (χ3n) is 2.49. The third-order valence-corrected chi connectivity index (χ3v) is 2.49. The van der Waals surface area contributed by atoms with Gasteiger partial charge in [0.25, 0.3) is 0 Å². The predicted molar refractivity (Wildman–Crippen MR) is 69.6 cm³/mol. The minimum absolute atomic E-state index is 0.00114. The van der Waals surface area contributed by atoms with E-state index in [4.69, 9.17) is 19.7 Å². The molecule has 0 aliphatic heterocycles. The van der Waals surface area contributed by atoms with Crippen molar-refractivity contribution in [2.24, 2.45) is 0 Å². The Kier molecular flexibility index (Phi) is 6.88. The van der Waals surface area contributed by atoms with Gasteiger partial charge in [0.1, 0.15) is 12.4 Å². The largest absolute Gasteiger partial charge is 0.492 e. The summed E-state index contributed by atoms with van der Waals surface area (Å²) in [5, 5.41) is 20.8. The van der Waals surface area contributed by atoms with Crippen LogP contribution in [-0.4, -0.2) is 55.7 Å². The first-order valence-electron chi connectivity index (χ1n) is 5.96. The SMILES string of the molecule is COCC(CO)NCCOc1ccc(C(=O)O)cc1. The van der Waals surface area contributed by atoms with Gasteiger partial charge in [-0.2, -0.15) is 0 Å². The first-order chi connectivity index (χ1) is 9.17. The molecule has 3 N–H and O–H groups in total. The van der Waals surface area contributed by atoms with Crippen LogP contribution in [0.4, 0.5) is 0 Å². The first kappa shape index (κ1) is 15.4. The van der Waals surface area contributed by atoms with Gasteiger partial charge in [0.05, 0.1) is 24.8 Å². The summed E-state index contributed by atoms with van der Waals surface area (Å²) in [5.74, 6) is -0.349. The monoisotopic (exact) mass is 269 g/mol. The molecular formula is C13H19NO5. The Morgan fingerprint density at radius 3 is 2.58 bits per heavy atom. The Bertz CT molecular complexity index is 379. The number of ether oxygens (including phenoxy) is 2. The minimum atomic E-state index is -0.960. The van der Waals surface area contributed by atoms with Gasteiger partial charge in [0, 0.05) is 13.7 Å². The molecule has 1 atom stereocenters. The van der Waals surface area contributed by atoms with Crippen molar-refractivity contribution in [1.29, 1.82) is 0 Å². The molecule has 0 spiro atoms. The molecule has 19 heavy (non-hydrogen) atoms. The van der Waals surface area contributed by atoms with E-state index in [-0.39, 0.29) is 18.2 Å². The fourth-order valence-corrected chi connectivity index (χ4v) is 1.50. The lowest BCUT2D eigenvalue weighted by molar-refractivity contribution is 0.0697. The molecular weight excluding hydrogens is 250 g/mol. The summed E-state index contributed by atoms with van der Waals surface area (Å²) in [5.41, 5.74) is 0.228. The minimum Gasteiger partial charge on any atom is -0.492 e. The number of aliphatic hydroxyl groups is 1. The number of methoxy groups -OCH3 is 1. The maximum absolute atomic E-state index is 10.7. The van der Waals surface area contributed by atoms with Crippen LogP contribution in [-0.2, 0) is 4.74 Å². The second kappa shape index (κ2) is 8.47. The van der Waals surface area contributed by atoms with Crippen molar-refractivity contribution >= 4 is 5.97 Å². The summed E-state index contributed by atoms with van der Waals surface area (Å²) in [6.45, 7) is 1.42. The van der Waals surface area contributed by atoms with Crippen LogP contribution in [0.15, 0.2) is 24.3 Å². The van der Waals surface area contributed by atoms with E-state index in [1.54, 1.807) is 19.2 Å². The van der Waals surface area contributed by atoms with Crippen LogP contribution < -0.4 is 10.1 Å². The first-order valence-corrected chi connectivity index (χ1v) is 5.96. The van der Waals surface area contributed by atoms with Crippen LogP contribution in [0.5, 0.6) is 5.75 Å². The molecule has 6 nitrogen and oxygen atoms in total. The van der Waals surface area contributed by atoms with Crippen LogP contribution in [0.2, 0.25) is 0 Å². The molecule has 0 amide bonds. The van der Waals surface area contributed by atoms with Crippen molar-refractivity contribution in [2.45, 2.75) is 6.04 Å². The lowest BCUT2D eigenvalue weighted by Crippen LogP contribution is -2.38. The summed E-state index contributed by atoms with van der Waals surface area (Å²) in [6.07, 6.45) is 0. The predicted octanol–water partition coefficient (Wildman–Crippen LogP) is 0.361. The van der Waals surface area contributed by atoms with Crippen molar-refractivity contribution in [1.82, 2.24) is 5.32 Å². The van der Waals surface area contributed by atoms with Crippen LogP contribution in [0.25, 0.3) is 0 Å². The van der Waals surface area contributed by atoms with E-state index in [0.29, 0.717) is 25.5 Å². The third kappa shape index (κ3) is 5.69. The number of hydrogen-bond donors (Lipinski definition) is 3. The van der Waals surface area contributed by atoms with Gasteiger partial charge in [-0.15, -0.1) is 0 Å². The van der Waals surface area contributed by atoms with Gasteiger partial charge in [-0.3, -0.25) is 0 Å². The molecule has 0 saturated heterocycles. The van der Waals surface area contributed by atoms with E-state index in [1.807, 2.05) is 0 Å². The average Bonchev–Trinajstić information content (AvgIpc) is 2.42. The molecule has 1 aromatic rings. The van der Waals surface area contributed by atoms with Crippen molar-refractivity contribution < 1.29 is 24.5 Å². The molecule has 0 aromatic heterocycles. The van der Waals surface area contributed by atoms with Gasteiger partial charge < -0.3 is 25.0 Å². The number of benzene rings is 1. The molecule has 0 fully saturated rings. The molecule has 1 aromatic carbocycles. The second-order valence-electron chi connectivity index (χ2n) is 3.97. The van der Waals surface area contributed by atoms with Crippen LogP contribution >= 0.6 is 0 Å². The summed E-state index contributed by atoms with van der Waals surface area (Å²) >= 11 is 0. The molecule has 0 heterocycles. The van der Waals surface area contributed by atoms with Crippen LogP contribution in [0.1, 0.15) is 10.4 Å². The molecule has 6 heteroatoms. The van der Waals surface area contributed by atoms with Crippen LogP contribution in [0.3, 0.4) is 0 Å². The maximum Gasteiger partial charge on any atom is 0.335 e. The van der Waals surface area contributed by atoms with Gasteiger partial charge in [-0.25, -0.2) is 4.79 Å². The zero-order valence-electron chi connectivity index (χ0n) is 10.8. The fourth-order valence-electron chi connectivity index (χ4n) is 1.50. The molecule has 0 radical (unpaired) electrons. The summed E-state index contributed by atoms with van der Waals surface area (Å²) in [7, 11) is 1.57. The van der Waals surface area contributed by atoms with E-state index >= 15 is 0 Å². The second-order valence-corrected chi connectivity index (χ2v) is 3.97. The van der Waals surface area contributed by atoms with Gasteiger partial charge in [-0.05, 0) is 24.3 Å². The number of nitrogens with one attached hydrogen (secondary N) is 1. The maximum atomic E-state index is 10.7. The van der Waals surface area contributed by atoms with Gasteiger partial charge in [0.2, 0.25) is 0 Å². The van der Waals surface area contributed by atoms with Gasteiger partial charge in [-0.1, -0.05) is 0 Å². The Morgan fingerprint density at radius 2 is 2.05 bits per heavy atom. The number of aliphatic hydroxyl groups excluding tert-OH is 1. The fraction of sp³-hybridized carbons (Fsp3) is 0.462. The summed E-state index contributed by atoms with van der Waals surface area (Å²) < 4.78 is 10.4. The molecule has 0 saturated carbocycles. The van der Waals surface area contributed by atoms with Crippen LogP contribution in [0, 0.1) is 0 Å². The van der Waals surface area contributed by atoms with E-state index < -0.39 is 5.97 Å². The number of aromatic carboxylic acids is 1. The zero-order valence-corrected chi connectivity index (χ0v) is 10.8. The highest BCUT2D eigenvalue weighted by Crippen LogP contribution is 2.11. The van der Waals surface area contributed by atoms with Crippen molar-refractivity contribution in [2.75, 3.05) is 33.5 Å². The quantitative estimate of drug-likeness (QED) is 0.561. The lowest BCUT2D eigenvalue weighted by Gasteiger charge is -2.15. The smallest absolute Gasteiger partial charge is 0.335 e. The standard InChI is InChI=1S/C13H19NO5/c1-18-9-11(8-15)14-6-7-19-12-4-2-10(3-5-12)13(16)17/h2-5,11,14-15H,6-9H2,1H3,(H,16,17). The summed E-state index contributed by atoms with van der Waals surface area (Å²) in [4.78, 5) is 10.7. The van der Waals surface area contributed by atoms with Gasteiger partial charge in [0.15, 0.2) is 0 Å². The highest BCUT2D eigenvalue weighted by atomic mass is 16.5. The van der Waals surface area contributed by atoms with Crippen molar-refractivity contribution in [3.63, 3.8) is 0 Å². The van der Waals surface area contributed by atoms with Gasteiger partial charge >= 0.3 is 5.97 Å². The highest BCUT2D eigenvalue weighted by Gasteiger charge is 2.05. The van der Waals surface area contributed by atoms with E-state index in [2.05, 4.69) is 5.32 Å². The molecule has 0 bridgehead atoms. The normalized spacial score (nSPS) is 12.1. The van der Waals surface area contributed by atoms with Crippen molar-refractivity contribution in [3.05, 3.63) is 29.8 Å². The number of carboxylic acid groups (broad SMARTS) is 1. The lowest BCUT2D eigenvalue weighted by atomic mass is 10.2. The molecule has 1 rings (SSSR count). The Hall–Kier alpha value is -1.63. The number of hydrogen-bond acceptors (Lipinski definition) is 5. The Labute approximate surface area is 112 Å². The summed E-state index contributed by atoms with van der Waals surface area (Å²) in [6, 6.07) is 6.10. The number of carbonyl (C=O) groups is 1. The molecule has 0 aliphatic rings. The van der Waals surface area contributed by atoms with E-state index in [0.717, 1.165) is 0 Å².